The molecule has 0 bridgehead atoms. The number of nitrogens with zero attached hydrogens (tertiary/aromatic N) is 2. The van der Waals surface area contributed by atoms with Gasteiger partial charge >= 0.3 is 0 Å². The quantitative estimate of drug-likeness (QED) is 0.662. The van der Waals surface area contributed by atoms with Crippen molar-refractivity contribution in [2.45, 2.75) is 25.7 Å². The van der Waals surface area contributed by atoms with E-state index in [1.54, 1.807) is 11.3 Å². The Hall–Kier alpha value is -2.24. The van der Waals surface area contributed by atoms with E-state index < -0.39 is 0 Å². The molecule has 0 unspecified atom stereocenters. The first-order valence-corrected chi connectivity index (χ1v) is 11.0. The number of rotatable bonds is 7. The summed E-state index contributed by atoms with van der Waals surface area (Å²) in [7, 11) is 0. The number of amides is 1. The largest absolute Gasteiger partial charge is 0.355 e. The van der Waals surface area contributed by atoms with Gasteiger partial charge < -0.3 is 5.32 Å². The van der Waals surface area contributed by atoms with Gasteiger partial charge in [-0.25, -0.2) is 4.98 Å². The van der Waals surface area contributed by atoms with Crippen molar-refractivity contribution in [3.8, 4) is 0 Å². The average Bonchev–Trinajstić information content (AvgIpc) is 3.13. The Labute approximate surface area is 170 Å². The van der Waals surface area contributed by atoms with Crippen LogP contribution in [0.5, 0.6) is 0 Å². The van der Waals surface area contributed by atoms with Gasteiger partial charge in [-0.3, -0.25) is 9.69 Å². The number of hydrogen-bond donors (Lipinski definition) is 1. The number of piperidine rings is 1. The van der Waals surface area contributed by atoms with Crippen LogP contribution in [-0.2, 0) is 17.6 Å². The van der Waals surface area contributed by atoms with E-state index in [4.69, 9.17) is 0 Å². The third-order valence-electron chi connectivity index (χ3n) is 5.44. The number of para-hydroxylation sites is 1. The molecule has 0 saturated carbocycles. The van der Waals surface area contributed by atoms with Crippen LogP contribution >= 0.6 is 11.3 Å². The lowest BCUT2D eigenvalue weighted by Crippen LogP contribution is -2.42. The van der Waals surface area contributed by atoms with Crippen LogP contribution < -0.4 is 5.32 Å². The number of carbonyl (C=O) groups is 1. The highest BCUT2D eigenvalue weighted by Gasteiger charge is 2.21. The second-order valence-electron chi connectivity index (χ2n) is 7.58. The molecule has 146 valence electrons. The molecule has 1 fully saturated rings. The third-order valence-corrected chi connectivity index (χ3v) is 6.54. The molecule has 4 rings (SSSR count). The van der Waals surface area contributed by atoms with E-state index in [1.165, 1.54) is 23.1 Å². The van der Waals surface area contributed by atoms with Crippen LogP contribution in [-0.4, -0.2) is 42.0 Å². The predicted molar refractivity (Wildman–Crippen MR) is 116 cm³/mol. The number of fused-ring (bicyclic) bond motifs is 1. The van der Waals surface area contributed by atoms with E-state index in [2.05, 4.69) is 51.6 Å². The minimum absolute atomic E-state index is 0.127. The number of hydrogen-bond acceptors (Lipinski definition) is 4. The Balaban J connectivity index is 1.15. The molecule has 1 saturated heterocycles. The number of likely N-dealkylation sites (tertiary alicyclic amines) is 1. The summed E-state index contributed by atoms with van der Waals surface area (Å²) < 4.78 is 1.21. The molecule has 0 radical (unpaired) electrons. The summed E-state index contributed by atoms with van der Waals surface area (Å²) in [6, 6.07) is 18.9. The Morgan fingerprint density at radius 1 is 1.07 bits per heavy atom. The van der Waals surface area contributed by atoms with Gasteiger partial charge in [0.05, 0.1) is 21.8 Å². The molecular weight excluding hydrogens is 366 g/mol. The summed E-state index contributed by atoms with van der Waals surface area (Å²) in [6.07, 6.45) is 4.30. The molecule has 28 heavy (non-hydrogen) atoms. The molecule has 1 aromatic heterocycles. The van der Waals surface area contributed by atoms with Crippen LogP contribution in [0, 0.1) is 5.92 Å². The minimum Gasteiger partial charge on any atom is -0.355 e. The van der Waals surface area contributed by atoms with Gasteiger partial charge in [0, 0.05) is 13.0 Å². The summed E-state index contributed by atoms with van der Waals surface area (Å²) in [5.74, 6) is 0.864. The predicted octanol–water partition coefficient (Wildman–Crippen LogP) is 3.91. The van der Waals surface area contributed by atoms with Crippen molar-refractivity contribution < 1.29 is 4.79 Å². The summed E-state index contributed by atoms with van der Waals surface area (Å²) in [4.78, 5) is 19.2. The normalized spacial score (nSPS) is 15.7. The van der Waals surface area contributed by atoms with Crippen molar-refractivity contribution in [3.05, 3.63) is 65.2 Å². The molecule has 2 heterocycles. The average molecular weight is 394 g/mol. The second kappa shape index (κ2) is 9.30. The Morgan fingerprint density at radius 3 is 2.61 bits per heavy atom. The van der Waals surface area contributed by atoms with E-state index in [9.17, 15) is 4.79 Å². The lowest BCUT2D eigenvalue weighted by molar-refractivity contribution is -0.122. The molecule has 1 amide bonds. The second-order valence-corrected chi connectivity index (χ2v) is 8.70. The van der Waals surface area contributed by atoms with Gasteiger partial charge in [0.15, 0.2) is 0 Å². The Morgan fingerprint density at radius 2 is 1.82 bits per heavy atom. The summed E-state index contributed by atoms with van der Waals surface area (Å²) in [5.41, 5.74) is 2.47. The smallest absolute Gasteiger partial charge is 0.234 e. The highest BCUT2D eigenvalue weighted by atomic mass is 32.1. The molecule has 1 N–H and O–H groups in total. The first-order valence-electron chi connectivity index (χ1n) is 10.1. The van der Waals surface area contributed by atoms with Crippen LogP contribution in [0.15, 0.2) is 54.6 Å². The third kappa shape index (κ3) is 5.18. The number of thiazole rings is 1. The molecule has 3 aromatic rings. The molecule has 5 heteroatoms. The number of nitrogens with one attached hydrogen (secondary N) is 1. The first-order chi connectivity index (χ1) is 13.8. The van der Waals surface area contributed by atoms with E-state index >= 15 is 0 Å². The zero-order valence-electron chi connectivity index (χ0n) is 16.1. The minimum atomic E-state index is 0.127. The van der Waals surface area contributed by atoms with E-state index in [1.807, 2.05) is 18.2 Å². The molecule has 1 aliphatic rings. The standard InChI is InChI=1S/C23H27N3OS/c27-22(24-13-10-23-25-20-8-4-5-9-21(20)28-23)17-26-14-11-19(12-15-26)16-18-6-2-1-3-7-18/h1-9,19H,10-17H2,(H,24,27). The maximum absolute atomic E-state index is 12.3. The summed E-state index contributed by atoms with van der Waals surface area (Å²) >= 11 is 1.71. The Kier molecular flexibility index (Phi) is 6.34. The summed E-state index contributed by atoms with van der Waals surface area (Å²) in [5, 5.41) is 4.15. The van der Waals surface area contributed by atoms with Gasteiger partial charge in [0.25, 0.3) is 0 Å². The van der Waals surface area contributed by atoms with Gasteiger partial charge in [-0.1, -0.05) is 42.5 Å². The van der Waals surface area contributed by atoms with Gasteiger partial charge in [-0.05, 0) is 56.0 Å². The molecule has 2 aromatic carbocycles. The van der Waals surface area contributed by atoms with Crippen molar-refractivity contribution in [2.24, 2.45) is 5.92 Å². The molecule has 4 nitrogen and oxygen atoms in total. The maximum atomic E-state index is 12.3. The zero-order chi connectivity index (χ0) is 19.2. The number of aromatic nitrogens is 1. The SMILES string of the molecule is O=C(CN1CCC(Cc2ccccc2)CC1)NCCc1nc2ccccc2s1. The fourth-order valence-electron chi connectivity index (χ4n) is 3.89. The first kappa shape index (κ1) is 19.1. The fourth-order valence-corrected chi connectivity index (χ4v) is 4.86. The molecular formula is C23H27N3OS. The van der Waals surface area contributed by atoms with Gasteiger partial charge in [-0.15, -0.1) is 11.3 Å². The van der Waals surface area contributed by atoms with Crippen molar-refractivity contribution in [2.75, 3.05) is 26.2 Å². The van der Waals surface area contributed by atoms with E-state index in [-0.39, 0.29) is 5.91 Å². The monoisotopic (exact) mass is 393 g/mol. The van der Waals surface area contributed by atoms with Gasteiger partial charge in [-0.2, -0.15) is 0 Å². The van der Waals surface area contributed by atoms with Crippen LogP contribution in [0.2, 0.25) is 0 Å². The topological polar surface area (TPSA) is 45.2 Å². The summed E-state index contributed by atoms with van der Waals surface area (Å²) in [6.45, 7) is 3.20. The lowest BCUT2D eigenvalue weighted by Gasteiger charge is -2.31. The number of benzene rings is 2. The van der Waals surface area contributed by atoms with Crippen LogP contribution in [0.25, 0.3) is 10.2 Å². The van der Waals surface area contributed by atoms with Crippen LogP contribution in [0.3, 0.4) is 0 Å². The number of carbonyl (C=O) groups excluding carboxylic acids is 1. The zero-order valence-corrected chi connectivity index (χ0v) is 17.0. The van der Waals surface area contributed by atoms with Gasteiger partial charge in [0.1, 0.15) is 0 Å². The van der Waals surface area contributed by atoms with E-state index in [0.29, 0.717) is 13.1 Å². The van der Waals surface area contributed by atoms with Crippen LogP contribution in [0.4, 0.5) is 0 Å². The van der Waals surface area contributed by atoms with Crippen molar-refractivity contribution in [3.63, 3.8) is 0 Å². The van der Waals surface area contributed by atoms with Crippen LogP contribution in [0.1, 0.15) is 23.4 Å². The Bertz CT molecular complexity index is 867. The molecule has 0 spiro atoms. The van der Waals surface area contributed by atoms with E-state index in [0.717, 1.165) is 42.4 Å². The van der Waals surface area contributed by atoms with Crippen molar-refractivity contribution in [1.29, 1.82) is 0 Å². The van der Waals surface area contributed by atoms with Crippen molar-refractivity contribution >= 4 is 27.5 Å². The molecule has 1 aliphatic heterocycles. The highest BCUT2D eigenvalue weighted by Crippen LogP contribution is 2.22. The van der Waals surface area contributed by atoms with Crippen molar-refractivity contribution in [1.82, 2.24) is 15.2 Å². The highest BCUT2D eigenvalue weighted by molar-refractivity contribution is 7.18. The molecule has 0 atom stereocenters. The fraction of sp³-hybridized carbons (Fsp3) is 0.391. The lowest BCUT2D eigenvalue weighted by atomic mass is 9.90. The maximum Gasteiger partial charge on any atom is 0.234 e. The van der Waals surface area contributed by atoms with Gasteiger partial charge in [0.2, 0.25) is 5.91 Å². The molecule has 0 aliphatic carbocycles.